The molecule has 100 valence electrons. The summed E-state index contributed by atoms with van der Waals surface area (Å²) >= 11 is 1.70. The van der Waals surface area contributed by atoms with Crippen molar-refractivity contribution in [1.29, 1.82) is 0 Å². The van der Waals surface area contributed by atoms with Gasteiger partial charge in [-0.2, -0.15) is 0 Å². The standard InChI is InChI=1S/C15H19N3S/c1-2-13(16)15-18-17-14(19-15)12-8-7-10-5-3-4-6-11(10)9-12/h3-6,12-13H,2,7-9,16H2,1H3. The third kappa shape index (κ3) is 2.55. The molecule has 2 unspecified atom stereocenters. The van der Waals surface area contributed by atoms with Gasteiger partial charge in [-0.25, -0.2) is 0 Å². The molecule has 1 heterocycles. The molecule has 0 bridgehead atoms. The van der Waals surface area contributed by atoms with Gasteiger partial charge in [0, 0.05) is 5.92 Å². The molecule has 1 aromatic heterocycles. The van der Waals surface area contributed by atoms with Gasteiger partial charge >= 0.3 is 0 Å². The van der Waals surface area contributed by atoms with Crippen molar-refractivity contribution < 1.29 is 0 Å². The number of nitrogens with zero attached hydrogens (tertiary/aromatic N) is 2. The largest absolute Gasteiger partial charge is 0.322 e. The Morgan fingerprint density at radius 3 is 2.89 bits per heavy atom. The molecule has 1 aliphatic carbocycles. The lowest BCUT2D eigenvalue weighted by Gasteiger charge is -2.22. The van der Waals surface area contributed by atoms with Crippen molar-refractivity contribution in [2.24, 2.45) is 5.73 Å². The van der Waals surface area contributed by atoms with Crippen molar-refractivity contribution in [1.82, 2.24) is 10.2 Å². The molecule has 2 aromatic rings. The van der Waals surface area contributed by atoms with E-state index in [1.54, 1.807) is 11.3 Å². The maximum atomic E-state index is 6.02. The van der Waals surface area contributed by atoms with Crippen LogP contribution in [-0.4, -0.2) is 10.2 Å². The zero-order valence-electron chi connectivity index (χ0n) is 11.2. The summed E-state index contributed by atoms with van der Waals surface area (Å²) in [6.45, 7) is 2.09. The van der Waals surface area contributed by atoms with Gasteiger partial charge in [-0.1, -0.05) is 42.5 Å². The number of nitrogens with two attached hydrogens (primary N) is 1. The fourth-order valence-electron chi connectivity index (χ4n) is 2.64. The van der Waals surface area contributed by atoms with E-state index in [2.05, 4.69) is 41.4 Å². The molecule has 1 aromatic carbocycles. The summed E-state index contributed by atoms with van der Waals surface area (Å²) in [6, 6.07) is 8.77. The molecule has 0 aliphatic heterocycles. The first-order valence-electron chi connectivity index (χ1n) is 6.93. The summed E-state index contributed by atoms with van der Waals surface area (Å²) in [5, 5.41) is 10.8. The summed E-state index contributed by atoms with van der Waals surface area (Å²) in [4.78, 5) is 0. The van der Waals surface area contributed by atoms with Gasteiger partial charge in [-0.3, -0.25) is 0 Å². The highest BCUT2D eigenvalue weighted by molar-refractivity contribution is 7.11. The van der Waals surface area contributed by atoms with Crippen molar-refractivity contribution in [2.45, 2.75) is 44.6 Å². The van der Waals surface area contributed by atoms with Crippen LogP contribution < -0.4 is 5.73 Å². The maximum Gasteiger partial charge on any atom is 0.134 e. The molecule has 0 radical (unpaired) electrons. The Morgan fingerprint density at radius 1 is 1.32 bits per heavy atom. The van der Waals surface area contributed by atoms with E-state index < -0.39 is 0 Å². The molecule has 3 rings (SSSR count). The van der Waals surface area contributed by atoms with Gasteiger partial charge < -0.3 is 5.73 Å². The normalized spacial score (nSPS) is 20.0. The SMILES string of the molecule is CCC(N)c1nnc(C2CCc3ccccc3C2)s1. The lowest BCUT2D eigenvalue weighted by molar-refractivity contribution is 0.576. The first kappa shape index (κ1) is 12.8. The van der Waals surface area contributed by atoms with Crippen molar-refractivity contribution >= 4 is 11.3 Å². The van der Waals surface area contributed by atoms with Gasteiger partial charge in [0.25, 0.3) is 0 Å². The van der Waals surface area contributed by atoms with E-state index in [4.69, 9.17) is 5.73 Å². The fourth-order valence-corrected chi connectivity index (χ4v) is 3.71. The van der Waals surface area contributed by atoms with E-state index in [-0.39, 0.29) is 6.04 Å². The number of fused-ring (bicyclic) bond motifs is 1. The molecule has 2 N–H and O–H groups in total. The number of hydrogen-bond donors (Lipinski definition) is 1. The van der Waals surface area contributed by atoms with E-state index in [9.17, 15) is 0 Å². The van der Waals surface area contributed by atoms with Crippen molar-refractivity contribution in [2.75, 3.05) is 0 Å². The second-order valence-corrected chi connectivity index (χ2v) is 6.24. The van der Waals surface area contributed by atoms with Crippen molar-refractivity contribution in [3.63, 3.8) is 0 Å². The molecular weight excluding hydrogens is 254 g/mol. The topological polar surface area (TPSA) is 51.8 Å². The van der Waals surface area contributed by atoms with Crippen molar-refractivity contribution in [3.05, 3.63) is 45.4 Å². The van der Waals surface area contributed by atoms with Crippen LogP contribution in [0.5, 0.6) is 0 Å². The third-order valence-electron chi connectivity index (χ3n) is 3.91. The Balaban J connectivity index is 1.79. The molecular formula is C15H19N3S. The van der Waals surface area contributed by atoms with Crippen LogP contribution in [0, 0.1) is 0 Å². The number of aromatic nitrogens is 2. The molecule has 4 heteroatoms. The lowest BCUT2D eigenvalue weighted by atomic mass is 9.84. The summed E-state index contributed by atoms with van der Waals surface area (Å²) in [7, 11) is 0. The van der Waals surface area contributed by atoms with E-state index in [1.807, 2.05) is 0 Å². The van der Waals surface area contributed by atoms with Crippen LogP contribution in [0.2, 0.25) is 0 Å². The molecule has 1 aliphatic rings. The molecule has 2 atom stereocenters. The number of hydrogen-bond acceptors (Lipinski definition) is 4. The molecule has 19 heavy (non-hydrogen) atoms. The second kappa shape index (κ2) is 5.39. The molecule has 0 saturated carbocycles. The van der Waals surface area contributed by atoms with Gasteiger partial charge in [0.15, 0.2) is 0 Å². The highest BCUT2D eigenvalue weighted by atomic mass is 32.1. The second-order valence-electron chi connectivity index (χ2n) is 5.20. The van der Waals surface area contributed by atoms with Gasteiger partial charge in [0.1, 0.15) is 10.0 Å². The Morgan fingerprint density at radius 2 is 2.11 bits per heavy atom. The minimum absolute atomic E-state index is 0.0436. The highest BCUT2D eigenvalue weighted by Gasteiger charge is 2.23. The van der Waals surface area contributed by atoms with Crippen LogP contribution in [-0.2, 0) is 12.8 Å². The summed E-state index contributed by atoms with van der Waals surface area (Å²) in [5.74, 6) is 0.519. The summed E-state index contributed by atoms with van der Waals surface area (Å²) in [6.07, 6.45) is 4.33. The van der Waals surface area contributed by atoms with Crippen LogP contribution in [0.15, 0.2) is 24.3 Å². The minimum Gasteiger partial charge on any atom is -0.322 e. The zero-order chi connectivity index (χ0) is 13.2. The maximum absolute atomic E-state index is 6.02. The van der Waals surface area contributed by atoms with Gasteiger partial charge in [-0.15, -0.1) is 10.2 Å². The summed E-state index contributed by atoms with van der Waals surface area (Å²) in [5.41, 5.74) is 8.98. The van der Waals surface area contributed by atoms with Crippen LogP contribution in [0.3, 0.4) is 0 Å². The Hall–Kier alpha value is -1.26. The number of rotatable bonds is 3. The average molecular weight is 273 g/mol. The highest BCUT2D eigenvalue weighted by Crippen LogP contribution is 2.34. The molecule has 0 saturated heterocycles. The monoisotopic (exact) mass is 273 g/mol. The van der Waals surface area contributed by atoms with Crippen LogP contribution >= 0.6 is 11.3 Å². The lowest BCUT2D eigenvalue weighted by Crippen LogP contribution is -2.12. The quantitative estimate of drug-likeness (QED) is 0.934. The van der Waals surface area contributed by atoms with Crippen LogP contribution in [0.4, 0.5) is 0 Å². The number of benzene rings is 1. The van der Waals surface area contributed by atoms with Crippen LogP contribution in [0.1, 0.15) is 52.9 Å². The van der Waals surface area contributed by atoms with Crippen LogP contribution in [0.25, 0.3) is 0 Å². The molecule has 3 nitrogen and oxygen atoms in total. The predicted octanol–water partition coefficient (Wildman–Crippen LogP) is 3.22. The first-order valence-corrected chi connectivity index (χ1v) is 7.75. The van der Waals surface area contributed by atoms with Gasteiger partial charge in [0.05, 0.1) is 6.04 Å². The Bertz CT molecular complexity index is 564. The first-order chi connectivity index (χ1) is 9.28. The van der Waals surface area contributed by atoms with Crippen molar-refractivity contribution in [3.8, 4) is 0 Å². The van der Waals surface area contributed by atoms with Gasteiger partial charge in [0.2, 0.25) is 0 Å². The summed E-state index contributed by atoms with van der Waals surface area (Å²) < 4.78 is 0. The van der Waals surface area contributed by atoms with Gasteiger partial charge in [-0.05, 0) is 36.8 Å². The van der Waals surface area contributed by atoms with E-state index in [0.717, 1.165) is 29.3 Å². The average Bonchev–Trinajstić information content (AvgIpc) is 2.95. The molecule has 0 fully saturated rings. The Labute approximate surface area is 117 Å². The minimum atomic E-state index is 0.0436. The Kier molecular flexibility index (Phi) is 3.62. The zero-order valence-corrected chi connectivity index (χ0v) is 12.0. The van der Waals surface area contributed by atoms with E-state index in [1.165, 1.54) is 17.5 Å². The van der Waals surface area contributed by atoms with E-state index >= 15 is 0 Å². The molecule has 0 spiro atoms. The predicted molar refractivity (Wildman–Crippen MR) is 78.3 cm³/mol. The fraction of sp³-hybridized carbons (Fsp3) is 0.467. The third-order valence-corrected chi connectivity index (χ3v) is 5.13. The smallest absolute Gasteiger partial charge is 0.134 e. The molecule has 0 amide bonds. The van der Waals surface area contributed by atoms with E-state index in [0.29, 0.717) is 5.92 Å². The number of aryl methyl sites for hydroxylation is 1.